The van der Waals surface area contributed by atoms with Crippen LogP contribution in [0.5, 0.6) is 0 Å². The van der Waals surface area contributed by atoms with Crippen molar-refractivity contribution < 1.29 is 4.43 Å². The van der Waals surface area contributed by atoms with E-state index >= 15 is 0 Å². The fourth-order valence-electron chi connectivity index (χ4n) is 2.12. The molecule has 0 bridgehead atoms. The topological polar surface area (TPSA) is 9.23 Å². The maximum atomic E-state index is 6.04. The van der Waals surface area contributed by atoms with Gasteiger partial charge in [0.2, 0.25) is 8.32 Å². The number of benzene rings is 1. The van der Waals surface area contributed by atoms with Crippen molar-refractivity contribution in [2.24, 2.45) is 5.92 Å². The highest BCUT2D eigenvalue weighted by Gasteiger charge is 2.18. The van der Waals surface area contributed by atoms with E-state index in [1.165, 1.54) is 5.56 Å². The zero-order chi connectivity index (χ0) is 13.8. The minimum Gasteiger partial charge on any atom is -0.548 e. The summed E-state index contributed by atoms with van der Waals surface area (Å²) in [6.07, 6.45) is 2.28. The number of hydrogen-bond acceptors (Lipinski definition) is 1. The van der Waals surface area contributed by atoms with Crippen LogP contribution in [-0.2, 0) is 4.43 Å². The second kappa shape index (κ2) is 6.23. The first-order valence-electron chi connectivity index (χ1n) is 6.72. The summed E-state index contributed by atoms with van der Waals surface area (Å²) in [4.78, 5) is 0. The Labute approximate surface area is 113 Å². The summed E-state index contributed by atoms with van der Waals surface area (Å²) in [5, 5.41) is 0. The normalized spacial score (nSPS) is 14.7. The molecule has 100 valence electrons. The molecule has 1 unspecified atom stereocenters. The molecule has 0 radical (unpaired) electrons. The summed E-state index contributed by atoms with van der Waals surface area (Å²) in [6, 6.07) is 10.7. The van der Waals surface area contributed by atoms with Gasteiger partial charge < -0.3 is 4.43 Å². The number of hydrogen-bond donors (Lipinski definition) is 0. The Morgan fingerprint density at radius 3 is 2.11 bits per heavy atom. The van der Waals surface area contributed by atoms with Crippen molar-refractivity contribution in [1.82, 2.24) is 0 Å². The van der Waals surface area contributed by atoms with E-state index in [9.17, 15) is 0 Å². The van der Waals surface area contributed by atoms with Crippen molar-refractivity contribution in [2.75, 3.05) is 0 Å². The lowest BCUT2D eigenvalue weighted by Crippen LogP contribution is -2.24. The Hall–Kier alpha value is -1.02. The SMILES string of the molecule is C/C(=C\C(c1ccccc1)C(C)C)O[Si](C)(C)C. The van der Waals surface area contributed by atoms with Gasteiger partial charge in [-0.15, -0.1) is 0 Å². The van der Waals surface area contributed by atoms with Crippen LogP contribution in [0.1, 0.15) is 32.3 Å². The minimum atomic E-state index is -1.49. The van der Waals surface area contributed by atoms with E-state index in [-0.39, 0.29) is 0 Å². The van der Waals surface area contributed by atoms with Crippen LogP contribution in [0, 0.1) is 5.92 Å². The Balaban J connectivity index is 2.91. The third-order valence-electron chi connectivity index (χ3n) is 2.78. The summed E-state index contributed by atoms with van der Waals surface area (Å²) in [5.74, 6) is 2.08. The van der Waals surface area contributed by atoms with E-state index in [1.54, 1.807) is 0 Å². The molecule has 0 aliphatic carbocycles. The molecule has 0 amide bonds. The lowest BCUT2D eigenvalue weighted by Gasteiger charge is -2.23. The first-order valence-corrected chi connectivity index (χ1v) is 10.1. The minimum absolute atomic E-state index is 0.433. The van der Waals surface area contributed by atoms with Gasteiger partial charge in [-0.2, -0.15) is 0 Å². The fourth-order valence-corrected chi connectivity index (χ4v) is 3.15. The molecule has 1 aromatic carbocycles. The van der Waals surface area contributed by atoms with Gasteiger partial charge in [-0.25, -0.2) is 0 Å². The summed E-state index contributed by atoms with van der Waals surface area (Å²) in [7, 11) is -1.49. The number of allylic oxidation sites excluding steroid dienone is 2. The van der Waals surface area contributed by atoms with Crippen LogP contribution in [-0.4, -0.2) is 8.32 Å². The smallest absolute Gasteiger partial charge is 0.241 e. The van der Waals surface area contributed by atoms with E-state index in [4.69, 9.17) is 4.43 Å². The Morgan fingerprint density at radius 2 is 1.67 bits per heavy atom. The van der Waals surface area contributed by atoms with Crippen LogP contribution in [0.4, 0.5) is 0 Å². The molecule has 0 fully saturated rings. The summed E-state index contributed by atoms with van der Waals surface area (Å²) in [6.45, 7) is 13.3. The molecule has 0 N–H and O–H groups in total. The summed E-state index contributed by atoms with van der Waals surface area (Å²) >= 11 is 0. The molecule has 2 heteroatoms. The first kappa shape index (κ1) is 15.0. The zero-order valence-corrected chi connectivity index (χ0v) is 13.5. The third-order valence-corrected chi connectivity index (χ3v) is 3.72. The van der Waals surface area contributed by atoms with Gasteiger partial charge in [0, 0.05) is 5.92 Å². The maximum absolute atomic E-state index is 6.04. The van der Waals surface area contributed by atoms with E-state index in [1.807, 2.05) is 0 Å². The first-order chi connectivity index (χ1) is 8.29. The van der Waals surface area contributed by atoms with Crippen molar-refractivity contribution in [3.63, 3.8) is 0 Å². The molecule has 0 aliphatic rings. The van der Waals surface area contributed by atoms with Gasteiger partial charge >= 0.3 is 0 Å². The summed E-state index contributed by atoms with van der Waals surface area (Å²) < 4.78 is 6.04. The molecular weight excluding hydrogens is 236 g/mol. The van der Waals surface area contributed by atoms with E-state index in [0.717, 1.165) is 5.76 Å². The van der Waals surface area contributed by atoms with Crippen LogP contribution >= 0.6 is 0 Å². The van der Waals surface area contributed by atoms with Gasteiger partial charge in [0.1, 0.15) is 0 Å². The Kier molecular flexibility index (Phi) is 5.21. The molecule has 18 heavy (non-hydrogen) atoms. The molecule has 1 rings (SSSR count). The van der Waals surface area contributed by atoms with Gasteiger partial charge in [-0.05, 0) is 44.1 Å². The standard InChI is InChI=1S/C16H26OSi/c1-13(2)16(15-10-8-7-9-11-15)12-14(3)17-18(4,5)6/h7-13,16H,1-6H3/b14-12+. The predicted molar refractivity (Wildman–Crippen MR) is 82.2 cm³/mol. The molecule has 1 nitrogen and oxygen atoms in total. The average molecular weight is 262 g/mol. The lowest BCUT2D eigenvalue weighted by molar-refractivity contribution is 0.414. The van der Waals surface area contributed by atoms with Crippen LogP contribution in [0.25, 0.3) is 0 Å². The predicted octanol–water partition coefficient (Wildman–Crippen LogP) is 5.18. The van der Waals surface area contributed by atoms with Crippen molar-refractivity contribution in [3.8, 4) is 0 Å². The molecule has 1 atom stereocenters. The second-order valence-electron chi connectivity index (χ2n) is 6.17. The fraction of sp³-hybridized carbons (Fsp3) is 0.500. The van der Waals surface area contributed by atoms with Crippen molar-refractivity contribution >= 4 is 8.32 Å². The molecule has 0 heterocycles. The van der Waals surface area contributed by atoms with Gasteiger partial charge in [0.15, 0.2) is 0 Å². The highest BCUT2D eigenvalue weighted by Crippen LogP contribution is 2.27. The van der Waals surface area contributed by atoms with Gasteiger partial charge in [0.25, 0.3) is 0 Å². The largest absolute Gasteiger partial charge is 0.548 e. The third kappa shape index (κ3) is 5.09. The van der Waals surface area contributed by atoms with E-state index < -0.39 is 8.32 Å². The average Bonchev–Trinajstić information content (AvgIpc) is 2.24. The van der Waals surface area contributed by atoms with Crippen LogP contribution < -0.4 is 0 Å². The molecule has 0 spiro atoms. The Morgan fingerprint density at radius 1 is 1.11 bits per heavy atom. The van der Waals surface area contributed by atoms with Crippen LogP contribution in [0.15, 0.2) is 42.2 Å². The van der Waals surface area contributed by atoms with Crippen molar-refractivity contribution in [1.29, 1.82) is 0 Å². The Bertz CT molecular complexity index is 387. The quantitative estimate of drug-likeness (QED) is 0.524. The summed E-state index contributed by atoms with van der Waals surface area (Å²) in [5.41, 5.74) is 1.37. The molecular formula is C16H26OSi. The highest BCUT2D eigenvalue weighted by molar-refractivity contribution is 6.70. The zero-order valence-electron chi connectivity index (χ0n) is 12.5. The maximum Gasteiger partial charge on any atom is 0.241 e. The molecule has 0 aromatic heterocycles. The van der Waals surface area contributed by atoms with Crippen LogP contribution in [0.2, 0.25) is 19.6 Å². The van der Waals surface area contributed by atoms with Crippen molar-refractivity contribution in [2.45, 2.75) is 46.3 Å². The molecule has 0 aliphatic heterocycles. The molecule has 0 saturated heterocycles. The molecule has 1 aromatic rings. The lowest BCUT2D eigenvalue weighted by atomic mass is 9.88. The monoisotopic (exact) mass is 262 g/mol. The van der Waals surface area contributed by atoms with Gasteiger partial charge in [-0.3, -0.25) is 0 Å². The van der Waals surface area contributed by atoms with Gasteiger partial charge in [0.05, 0.1) is 5.76 Å². The van der Waals surface area contributed by atoms with Crippen LogP contribution in [0.3, 0.4) is 0 Å². The van der Waals surface area contributed by atoms with Crippen molar-refractivity contribution in [3.05, 3.63) is 47.7 Å². The van der Waals surface area contributed by atoms with E-state index in [2.05, 4.69) is 76.8 Å². The van der Waals surface area contributed by atoms with Gasteiger partial charge in [-0.1, -0.05) is 44.2 Å². The molecule has 0 saturated carbocycles. The highest BCUT2D eigenvalue weighted by atomic mass is 28.4. The second-order valence-corrected chi connectivity index (χ2v) is 10.6. The number of rotatable bonds is 5. The van der Waals surface area contributed by atoms with E-state index in [0.29, 0.717) is 11.8 Å².